The van der Waals surface area contributed by atoms with Crippen LogP contribution in [0.15, 0.2) is 12.4 Å². The van der Waals surface area contributed by atoms with Crippen molar-refractivity contribution in [2.45, 2.75) is 77.5 Å². The summed E-state index contributed by atoms with van der Waals surface area (Å²) < 4.78 is 2.05. The largest absolute Gasteiger partial charge is 0.326 e. The number of aryl methyl sites for hydroxylation is 1. The van der Waals surface area contributed by atoms with E-state index in [0.717, 1.165) is 25.9 Å². The van der Waals surface area contributed by atoms with Crippen molar-refractivity contribution in [3.05, 3.63) is 18.0 Å². The van der Waals surface area contributed by atoms with Crippen LogP contribution in [0.2, 0.25) is 0 Å². The van der Waals surface area contributed by atoms with Crippen molar-refractivity contribution in [3.63, 3.8) is 0 Å². The summed E-state index contributed by atoms with van der Waals surface area (Å²) in [4.78, 5) is 2.57. The Kier molecular flexibility index (Phi) is 4.86. The highest BCUT2D eigenvalue weighted by Crippen LogP contribution is 2.34. The second-order valence-corrected chi connectivity index (χ2v) is 7.01. The average molecular weight is 278 g/mol. The van der Waals surface area contributed by atoms with E-state index < -0.39 is 0 Å². The van der Waals surface area contributed by atoms with Crippen LogP contribution in [0.25, 0.3) is 0 Å². The van der Waals surface area contributed by atoms with E-state index in [4.69, 9.17) is 5.73 Å². The fourth-order valence-corrected chi connectivity index (χ4v) is 3.25. The van der Waals surface area contributed by atoms with Crippen LogP contribution in [0.5, 0.6) is 0 Å². The first-order valence-electron chi connectivity index (χ1n) is 7.98. The molecule has 0 aromatic carbocycles. The van der Waals surface area contributed by atoms with Gasteiger partial charge in [-0.1, -0.05) is 13.3 Å². The molecule has 1 aromatic heterocycles. The van der Waals surface area contributed by atoms with Crippen LogP contribution >= 0.6 is 0 Å². The van der Waals surface area contributed by atoms with E-state index in [-0.39, 0.29) is 11.6 Å². The van der Waals surface area contributed by atoms with Crippen molar-refractivity contribution in [1.82, 2.24) is 14.7 Å². The third-order valence-electron chi connectivity index (χ3n) is 4.24. The van der Waals surface area contributed by atoms with Gasteiger partial charge >= 0.3 is 0 Å². The van der Waals surface area contributed by atoms with Crippen LogP contribution in [-0.2, 0) is 6.54 Å². The Balaban J connectivity index is 2.29. The van der Waals surface area contributed by atoms with Crippen LogP contribution in [0.1, 0.15) is 65.0 Å². The monoisotopic (exact) mass is 278 g/mol. The fraction of sp³-hybridized carbons (Fsp3) is 0.812. The van der Waals surface area contributed by atoms with Crippen LogP contribution in [0.3, 0.4) is 0 Å². The number of nitrogens with zero attached hydrogens (tertiary/aromatic N) is 3. The predicted octanol–water partition coefficient (Wildman–Crippen LogP) is 2.95. The molecule has 0 saturated carbocycles. The molecular weight excluding hydrogens is 248 g/mol. The number of nitrogens with two attached hydrogens (primary N) is 1. The first-order valence-corrected chi connectivity index (χ1v) is 7.98. The highest BCUT2D eigenvalue weighted by atomic mass is 15.3. The van der Waals surface area contributed by atoms with E-state index in [2.05, 4.69) is 43.9 Å². The second kappa shape index (κ2) is 6.27. The molecule has 1 aliphatic heterocycles. The highest BCUT2D eigenvalue weighted by molar-refractivity contribution is 5.15. The molecule has 0 amide bonds. The minimum Gasteiger partial charge on any atom is -0.326 e. The smallest absolute Gasteiger partial charge is 0.0538 e. The van der Waals surface area contributed by atoms with Gasteiger partial charge < -0.3 is 5.73 Å². The molecule has 0 aliphatic carbocycles. The van der Waals surface area contributed by atoms with Crippen LogP contribution in [0.4, 0.5) is 0 Å². The lowest BCUT2D eigenvalue weighted by molar-refractivity contribution is 0.0755. The van der Waals surface area contributed by atoms with Crippen LogP contribution in [-0.4, -0.2) is 32.8 Å². The summed E-state index contributed by atoms with van der Waals surface area (Å²) in [5.74, 6) is 0. The lowest BCUT2D eigenvalue weighted by atomic mass is 9.94. The van der Waals surface area contributed by atoms with Crippen molar-refractivity contribution < 1.29 is 0 Å². The molecule has 4 heteroatoms. The molecule has 2 unspecified atom stereocenters. The van der Waals surface area contributed by atoms with Crippen molar-refractivity contribution in [2.75, 3.05) is 6.54 Å². The Morgan fingerprint density at radius 1 is 1.35 bits per heavy atom. The van der Waals surface area contributed by atoms with Crippen LogP contribution in [0, 0.1) is 0 Å². The zero-order valence-electron chi connectivity index (χ0n) is 13.5. The van der Waals surface area contributed by atoms with Gasteiger partial charge in [-0.2, -0.15) is 5.10 Å². The minimum absolute atomic E-state index is 0.138. The Morgan fingerprint density at radius 2 is 2.10 bits per heavy atom. The predicted molar refractivity (Wildman–Crippen MR) is 83.5 cm³/mol. The van der Waals surface area contributed by atoms with E-state index in [1.807, 2.05) is 10.9 Å². The van der Waals surface area contributed by atoms with Gasteiger partial charge in [0.05, 0.1) is 12.2 Å². The van der Waals surface area contributed by atoms with Crippen molar-refractivity contribution >= 4 is 0 Å². The molecule has 2 N–H and O–H groups in total. The fourth-order valence-electron chi connectivity index (χ4n) is 3.25. The third-order valence-corrected chi connectivity index (χ3v) is 4.24. The van der Waals surface area contributed by atoms with Gasteiger partial charge in [0.2, 0.25) is 0 Å². The molecule has 0 bridgehead atoms. The zero-order chi connectivity index (χ0) is 14.8. The number of hydrogen-bond donors (Lipinski definition) is 1. The van der Waals surface area contributed by atoms with E-state index in [1.54, 1.807) is 0 Å². The van der Waals surface area contributed by atoms with Crippen molar-refractivity contribution in [1.29, 1.82) is 0 Å². The standard InChI is InChI=1S/C16H30N4/c1-5-9-19-12-13(11-18-19)15-14(17)8-6-7-10-20(15)16(2,3)4/h11-12,14-15H,5-10,17H2,1-4H3. The second-order valence-electron chi connectivity index (χ2n) is 7.01. The molecule has 1 saturated heterocycles. The minimum atomic E-state index is 0.138. The van der Waals surface area contributed by atoms with E-state index in [1.165, 1.54) is 18.4 Å². The topological polar surface area (TPSA) is 47.1 Å². The molecule has 4 nitrogen and oxygen atoms in total. The summed E-state index contributed by atoms with van der Waals surface area (Å²) >= 11 is 0. The molecule has 1 fully saturated rings. The lowest BCUT2D eigenvalue weighted by Gasteiger charge is -2.42. The van der Waals surface area contributed by atoms with Crippen molar-refractivity contribution in [3.8, 4) is 0 Å². The molecular formula is C16H30N4. The molecule has 1 aliphatic rings. The van der Waals surface area contributed by atoms with Gasteiger partial charge in [-0.3, -0.25) is 9.58 Å². The average Bonchev–Trinajstić information content (AvgIpc) is 2.70. The molecule has 0 spiro atoms. The van der Waals surface area contributed by atoms with Gasteiger partial charge in [-0.25, -0.2) is 0 Å². The summed E-state index contributed by atoms with van der Waals surface area (Å²) in [6, 6.07) is 0.499. The number of hydrogen-bond acceptors (Lipinski definition) is 3. The maximum absolute atomic E-state index is 6.50. The molecule has 1 aromatic rings. The first kappa shape index (κ1) is 15.5. The molecule has 2 heterocycles. The normalized spacial score (nSPS) is 25.6. The summed E-state index contributed by atoms with van der Waals surface area (Å²) in [7, 11) is 0. The maximum atomic E-state index is 6.50. The zero-order valence-corrected chi connectivity index (χ0v) is 13.5. The SMILES string of the molecule is CCCn1cc(C2C(N)CCCCN2C(C)(C)C)cn1. The number of rotatable bonds is 3. The Morgan fingerprint density at radius 3 is 2.75 bits per heavy atom. The summed E-state index contributed by atoms with van der Waals surface area (Å²) in [6.45, 7) is 11.1. The molecule has 2 atom stereocenters. The summed E-state index contributed by atoms with van der Waals surface area (Å²) in [5, 5.41) is 4.50. The Hall–Kier alpha value is -0.870. The van der Waals surface area contributed by atoms with Gasteiger partial charge in [0.25, 0.3) is 0 Å². The van der Waals surface area contributed by atoms with E-state index in [0.29, 0.717) is 6.04 Å². The van der Waals surface area contributed by atoms with Gasteiger partial charge in [0.1, 0.15) is 0 Å². The van der Waals surface area contributed by atoms with Gasteiger partial charge in [-0.05, 0) is 46.6 Å². The first-order chi connectivity index (χ1) is 9.43. The molecule has 20 heavy (non-hydrogen) atoms. The number of aromatic nitrogens is 2. The summed E-state index contributed by atoms with van der Waals surface area (Å²) in [5.41, 5.74) is 7.92. The maximum Gasteiger partial charge on any atom is 0.0538 e. The van der Waals surface area contributed by atoms with Gasteiger partial charge in [0.15, 0.2) is 0 Å². The highest BCUT2D eigenvalue weighted by Gasteiger charge is 2.35. The molecule has 2 rings (SSSR count). The van der Waals surface area contributed by atoms with Crippen molar-refractivity contribution in [2.24, 2.45) is 5.73 Å². The quantitative estimate of drug-likeness (QED) is 0.924. The Bertz CT molecular complexity index is 418. The lowest BCUT2D eigenvalue weighted by Crippen LogP contribution is -2.49. The van der Waals surface area contributed by atoms with Crippen LogP contribution < -0.4 is 5.73 Å². The third kappa shape index (κ3) is 3.41. The summed E-state index contributed by atoms with van der Waals surface area (Å²) in [6.07, 6.45) is 8.90. The van der Waals surface area contributed by atoms with Gasteiger partial charge in [-0.15, -0.1) is 0 Å². The number of likely N-dealkylation sites (tertiary alicyclic amines) is 1. The van der Waals surface area contributed by atoms with E-state index >= 15 is 0 Å². The molecule has 114 valence electrons. The van der Waals surface area contributed by atoms with E-state index in [9.17, 15) is 0 Å². The Labute approximate surface area is 123 Å². The van der Waals surface area contributed by atoms with Gasteiger partial charge in [0, 0.05) is 29.9 Å². The molecule has 0 radical (unpaired) electrons.